The Morgan fingerprint density at radius 3 is 2.49 bits per heavy atom. The summed E-state index contributed by atoms with van der Waals surface area (Å²) in [7, 11) is -4.58. The van der Waals surface area contributed by atoms with Crippen LogP contribution in [0.4, 0.5) is 27.6 Å². The molecule has 0 bridgehead atoms. The van der Waals surface area contributed by atoms with E-state index in [-0.39, 0.29) is 40.6 Å². The summed E-state index contributed by atoms with van der Waals surface area (Å²) >= 11 is 6.08. The fourth-order valence-corrected chi connectivity index (χ4v) is 5.57. The molecule has 0 spiro atoms. The fraction of sp³-hybridized carbons (Fsp3) is 0.167. The van der Waals surface area contributed by atoms with Crippen LogP contribution < -0.4 is 9.04 Å². The topological polar surface area (TPSA) is 46.6 Å². The van der Waals surface area contributed by atoms with Crippen LogP contribution in [0.25, 0.3) is 11.6 Å². The molecule has 1 heterocycles. The summed E-state index contributed by atoms with van der Waals surface area (Å²) in [5.41, 5.74) is -1.36. The zero-order valence-electron chi connectivity index (χ0n) is 18.0. The number of anilines is 1. The standard InChI is InChI=1S/C24H17ClF5NO3S/c1-14(21-18(25)6-3-7-19(21)26)12-15-8-9-20-23(22(15)27)31(10-11-34-20)35(32,33)17-5-2-4-16(13-17)24(28,29)30/h2-9,12-13H,10-11H2,1H3/b14-12+. The van der Waals surface area contributed by atoms with Crippen molar-refractivity contribution in [2.45, 2.75) is 18.0 Å². The minimum atomic E-state index is -4.76. The van der Waals surface area contributed by atoms with E-state index in [1.54, 1.807) is 0 Å². The van der Waals surface area contributed by atoms with Gasteiger partial charge in [-0.1, -0.05) is 23.7 Å². The van der Waals surface area contributed by atoms with E-state index in [2.05, 4.69) is 0 Å². The van der Waals surface area contributed by atoms with Crippen LogP contribution in [0.15, 0.2) is 59.5 Å². The molecule has 0 radical (unpaired) electrons. The summed E-state index contributed by atoms with van der Waals surface area (Å²) in [6.45, 7) is 1.05. The van der Waals surface area contributed by atoms with Gasteiger partial charge >= 0.3 is 6.18 Å². The number of ether oxygens (including phenoxy) is 1. The lowest BCUT2D eigenvalue weighted by atomic mass is 10.0. The SMILES string of the molecule is C/C(=C\c1ccc2c(c1F)N(S(=O)(=O)c1cccc(C(F)(F)F)c1)CCO2)c1c(F)cccc1Cl. The van der Waals surface area contributed by atoms with Crippen LogP contribution in [0.5, 0.6) is 5.75 Å². The third-order valence-corrected chi connectivity index (χ3v) is 7.50. The van der Waals surface area contributed by atoms with Crippen LogP contribution in [0.1, 0.15) is 23.6 Å². The molecule has 4 nitrogen and oxygen atoms in total. The quantitative estimate of drug-likeness (QED) is 0.276. The zero-order chi connectivity index (χ0) is 25.5. The molecule has 0 amide bonds. The van der Waals surface area contributed by atoms with Gasteiger partial charge in [0.25, 0.3) is 10.0 Å². The minimum Gasteiger partial charge on any atom is -0.489 e. The van der Waals surface area contributed by atoms with Crippen LogP contribution in [-0.2, 0) is 16.2 Å². The van der Waals surface area contributed by atoms with Crippen molar-refractivity contribution in [2.75, 3.05) is 17.5 Å². The highest BCUT2D eigenvalue weighted by Gasteiger charge is 2.36. The van der Waals surface area contributed by atoms with Crippen molar-refractivity contribution in [3.8, 4) is 5.75 Å². The van der Waals surface area contributed by atoms with Gasteiger partial charge in [0, 0.05) is 11.1 Å². The molecule has 1 aliphatic heterocycles. The Balaban J connectivity index is 1.82. The Morgan fingerprint density at radius 1 is 1.09 bits per heavy atom. The van der Waals surface area contributed by atoms with Crippen molar-refractivity contribution in [2.24, 2.45) is 0 Å². The maximum atomic E-state index is 15.7. The normalized spacial score (nSPS) is 14.5. The lowest BCUT2D eigenvalue weighted by Crippen LogP contribution is -2.38. The fourth-order valence-electron chi connectivity index (χ4n) is 3.75. The number of hydrogen-bond acceptors (Lipinski definition) is 3. The molecule has 11 heteroatoms. The van der Waals surface area contributed by atoms with E-state index in [0.717, 1.165) is 18.2 Å². The maximum absolute atomic E-state index is 15.7. The summed E-state index contributed by atoms with van der Waals surface area (Å²) in [5, 5.41) is 0.106. The van der Waals surface area contributed by atoms with Crippen LogP contribution >= 0.6 is 11.6 Å². The Morgan fingerprint density at radius 2 is 1.80 bits per heavy atom. The lowest BCUT2D eigenvalue weighted by molar-refractivity contribution is -0.137. The van der Waals surface area contributed by atoms with Crippen molar-refractivity contribution in [3.05, 3.63) is 87.9 Å². The van der Waals surface area contributed by atoms with Gasteiger partial charge < -0.3 is 4.74 Å². The van der Waals surface area contributed by atoms with Gasteiger partial charge in [0.1, 0.15) is 23.9 Å². The van der Waals surface area contributed by atoms with Crippen LogP contribution in [0.2, 0.25) is 5.02 Å². The molecule has 184 valence electrons. The van der Waals surface area contributed by atoms with E-state index in [1.165, 1.54) is 43.3 Å². The van der Waals surface area contributed by atoms with Gasteiger partial charge in [-0.05, 0) is 61.0 Å². The number of fused-ring (bicyclic) bond motifs is 1. The molecule has 35 heavy (non-hydrogen) atoms. The number of halogens is 6. The van der Waals surface area contributed by atoms with Crippen molar-refractivity contribution in [3.63, 3.8) is 0 Å². The van der Waals surface area contributed by atoms with Gasteiger partial charge in [-0.25, -0.2) is 17.2 Å². The first-order chi connectivity index (χ1) is 16.4. The molecule has 0 unspecified atom stereocenters. The first-order valence-corrected chi connectivity index (χ1v) is 12.0. The predicted molar refractivity (Wildman–Crippen MR) is 123 cm³/mol. The van der Waals surface area contributed by atoms with Crippen LogP contribution in [-0.4, -0.2) is 21.6 Å². The Bertz CT molecular complexity index is 1420. The largest absolute Gasteiger partial charge is 0.489 e. The second-order valence-corrected chi connectivity index (χ2v) is 9.96. The Labute approximate surface area is 203 Å². The van der Waals surface area contributed by atoms with Gasteiger partial charge in [-0.3, -0.25) is 4.31 Å². The third kappa shape index (κ3) is 4.72. The molecule has 0 N–H and O–H groups in total. The number of benzene rings is 3. The summed E-state index contributed by atoms with van der Waals surface area (Å²) in [5.74, 6) is -1.71. The van der Waals surface area contributed by atoms with E-state index in [0.29, 0.717) is 10.4 Å². The zero-order valence-corrected chi connectivity index (χ0v) is 19.6. The second kappa shape index (κ2) is 9.16. The average molecular weight is 530 g/mol. The summed E-state index contributed by atoms with van der Waals surface area (Å²) < 4.78 is 102. The number of hydrogen-bond donors (Lipinski definition) is 0. The molecular formula is C24H17ClF5NO3S. The molecule has 0 aliphatic carbocycles. The molecule has 3 aromatic carbocycles. The number of sulfonamides is 1. The molecule has 0 saturated heterocycles. The smallest absolute Gasteiger partial charge is 0.416 e. The number of rotatable bonds is 4. The second-order valence-electron chi connectivity index (χ2n) is 7.69. The molecule has 1 aliphatic rings. The minimum absolute atomic E-state index is 0.0518. The van der Waals surface area contributed by atoms with Crippen molar-refractivity contribution in [1.82, 2.24) is 0 Å². The molecular weight excluding hydrogens is 513 g/mol. The van der Waals surface area contributed by atoms with Gasteiger partial charge in [-0.2, -0.15) is 13.2 Å². The number of allylic oxidation sites excluding steroid dienone is 1. The molecule has 0 saturated carbocycles. The number of alkyl halides is 3. The average Bonchev–Trinajstić information content (AvgIpc) is 2.80. The van der Waals surface area contributed by atoms with E-state index in [9.17, 15) is 26.0 Å². The number of nitrogens with zero attached hydrogens (tertiary/aromatic N) is 1. The van der Waals surface area contributed by atoms with Gasteiger partial charge in [0.05, 0.1) is 22.0 Å². The lowest BCUT2D eigenvalue weighted by Gasteiger charge is -2.31. The summed E-state index contributed by atoms with van der Waals surface area (Å²) in [6.07, 6.45) is -3.47. The molecule has 0 atom stereocenters. The van der Waals surface area contributed by atoms with Crippen molar-refractivity contribution >= 4 is 39.0 Å². The highest BCUT2D eigenvalue weighted by atomic mass is 35.5. The molecule has 3 aromatic rings. The molecule has 4 rings (SSSR count). The maximum Gasteiger partial charge on any atom is 0.416 e. The van der Waals surface area contributed by atoms with Crippen LogP contribution in [0, 0.1) is 11.6 Å². The van der Waals surface area contributed by atoms with Crippen molar-refractivity contribution < 1.29 is 35.1 Å². The van der Waals surface area contributed by atoms with E-state index < -0.39 is 44.0 Å². The van der Waals surface area contributed by atoms with E-state index in [4.69, 9.17) is 16.3 Å². The van der Waals surface area contributed by atoms with Gasteiger partial charge in [-0.15, -0.1) is 0 Å². The summed E-state index contributed by atoms with van der Waals surface area (Å²) in [6, 6.07) is 9.96. The van der Waals surface area contributed by atoms with E-state index >= 15 is 4.39 Å². The first kappa shape index (κ1) is 25.0. The van der Waals surface area contributed by atoms with Gasteiger partial charge in [0.15, 0.2) is 5.82 Å². The van der Waals surface area contributed by atoms with Crippen molar-refractivity contribution in [1.29, 1.82) is 0 Å². The van der Waals surface area contributed by atoms with E-state index in [1.807, 2.05) is 0 Å². The summed E-state index contributed by atoms with van der Waals surface area (Å²) in [4.78, 5) is -0.644. The molecule has 0 aromatic heterocycles. The highest BCUT2D eigenvalue weighted by molar-refractivity contribution is 7.92. The monoisotopic (exact) mass is 529 g/mol. The van der Waals surface area contributed by atoms with Crippen LogP contribution in [0.3, 0.4) is 0 Å². The highest BCUT2D eigenvalue weighted by Crippen LogP contribution is 2.41. The Hall–Kier alpha value is -3.11. The van der Waals surface area contributed by atoms with Gasteiger partial charge in [0.2, 0.25) is 0 Å². The first-order valence-electron chi connectivity index (χ1n) is 10.2. The molecule has 0 fully saturated rings. The predicted octanol–water partition coefficient (Wildman–Crippen LogP) is 6.79. The Kier molecular flexibility index (Phi) is 6.54. The third-order valence-electron chi connectivity index (χ3n) is 5.39.